The minimum atomic E-state index is 0.180. The third kappa shape index (κ3) is 2.77. The van der Waals surface area contributed by atoms with Gasteiger partial charge < -0.3 is 9.64 Å². The van der Waals surface area contributed by atoms with Crippen molar-refractivity contribution in [2.45, 2.75) is 20.3 Å². The molecule has 0 bridgehead atoms. The van der Waals surface area contributed by atoms with Crippen LogP contribution in [-0.4, -0.2) is 35.2 Å². The minimum Gasteiger partial charge on any atom is -0.467 e. The largest absolute Gasteiger partial charge is 0.467 e. The monoisotopic (exact) mass is 256 g/mol. The van der Waals surface area contributed by atoms with Crippen LogP contribution in [0.2, 0.25) is 5.28 Å². The number of ether oxygens (including phenoxy) is 1. The molecule has 1 aliphatic heterocycles. The van der Waals surface area contributed by atoms with E-state index in [1.54, 1.807) is 0 Å². The Labute approximate surface area is 106 Å². The number of hydrogen-bond donors (Lipinski definition) is 0. The van der Waals surface area contributed by atoms with Gasteiger partial charge in [0.25, 0.3) is 0 Å². The van der Waals surface area contributed by atoms with Gasteiger partial charge in [0.15, 0.2) is 0 Å². The van der Waals surface area contributed by atoms with Crippen molar-refractivity contribution in [3.05, 3.63) is 5.28 Å². The van der Waals surface area contributed by atoms with Gasteiger partial charge in [0.1, 0.15) is 0 Å². The molecule has 2 rings (SSSR count). The molecule has 1 unspecified atom stereocenters. The number of hydrogen-bond acceptors (Lipinski definition) is 5. The highest BCUT2D eigenvalue weighted by Gasteiger charge is 2.27. The molecule has 6 heteroatoms. The summed E-state index contributed by atoms with van der Waals surface area (Å²) in [4.78, 5) is 14.4. The molecule has 17 heavy (non-hydrogen) atoms. The predicted molar refractivity (Wildman–Crippen MR) is 66.5 cm³/mol. The standard InChI is InChI=1S/C11H17ClN4O/c1-7(2)8-4-5-16(6-8)10-13-9(12)14-11(15-10)17-3/h7-8H,4-6H2,1-3H3. The van der Waals surface area contributed by atoms with Gasteiger partial charge >= 0.3 is 6.01 Å². The van der Waals surface area contributed by atoms with Gasteiger partial charge in [-0.1, -0.05) is 13.8 Å². The SMILES string of the molecule is COc1nc(Cl)nc(N2CCC(C(C)C)C2)n1. The van der Waals surface area contributed by atoms with Crippen LogP contribution in [0.3, 0.4) is 0 Å². The van der Waals surface area contributed by atoms with Crippen molar-refractivity contribution in [3.63, 3.8) is 0 Å². The van der Waals surface area contributed by atoms with Crippen molar-refractivity contribution in [2.24, 2.45) is 11.8 Å². The molecule has 0 radical (unpaired) electrons. The molecule has 1 saturated heterocycles. The fraction of sp³-hybridized carbons (Fsp3) is 0.727. The smallest absolute Gasteiger partial charge is 0.322 e. The summed E-state index contributed by atoms with van der Waals surface area (Å²) in [6.07, 6.45) is 1.17. The number of methoxy groups -OCH3 is 1. The summed E-state index contributed by atoms with van der Waals surface area (Å²) in [7, 11) is 1.52. The molecule has 94 valence electrons. The Hall–Kier alpha value is -1.10. The quantitative estimate of drug-likeness (QED) is 0.828. The van der Waals surface area contributed by atoms with Crippen LogP contribution >= 0.6 is 11.6 Å². The van der Waals surface area contributed by atoms with E-state index in [0.717, 1.165) is 13.1 Å². The zero-order chi connectivity index (χ0) is 12.4. The van der Waals surface area contributed by atoms with E-state index in [1.807, 2.05) is 0 Å². The van der Waals surface area contributed by atoms with Crippen LogP contribution in [0.1, 0.15) is 20.3 Å². The molecule has 0 saturated carbocycles. The maximum Gasteiger partial charge on any atom is 0.322 e. The van der Waals surface area contributed by atoms with E-state index in [2.05, 4.69) is 33.7 Å². The average Bonchev–Trinajstić information content (AvgIpc) is 2.77. The lowest BCUT2D eigenvalue weighted by Gasteiger charge is -2.18. The first-order chi connectivity index (χ1) is 8.10. The van der Waals surface area contributed by atoms with Crippen LogP contribution in [0, 0.1) is 11.8 Å². The molecule has 1 aromatic heterocycles. The van der Waals surface area contributed by atoms with Gasteiger partial charge in [-0.25, -0.2) is 0 Å². The third-order valence-electron chi connectivity index (χ3n) is 3.21. The van der Waals surface area contributed by atoms with E-state index < -0.39 is 0 Å². The second-order valence-corrected chi connectivity index (χ2v) is 4.97. The van der Waals surface area contributed by atoms with Gasteiger partial charge in [0.2, 0.25) is 11.2 Å². The molecule has 0 spiro atoms. The first-order valence-corrected chi connectivity index (χ1v) is 6.18. The van der Waals surface area contributed by atoms with Gasteiger partial charge in [-0.2, -0.15) is 15.0 Å². The molecule has 1 fully saturated rings. The van der Waals surface area contributed by atoms with Gasteiger partial charge in [-0.3, -0.25) is 0 Å². The van der Waals surface area contributed by atoms with Crippen molar-refractivity contribution >= 4 is 17.5 Å². The summed E-state index contributed by atoms with van der Waals surface area (Å²) >= 11 is 5.84. The third-order valence-corrected chi connectivity index (χ3v) is 3.38. The topological polar surface area (TPSA) is 51.1 Å². The fourth-order valence-corrected chi connectivity index (χ4v) is 2.22. The molecule has 0 N–H and O–H groups in total. The number of nitrogens with zero attached hydrogens (tertiary/aromatic N) is 4. The lowest BCUT2D eigenvalue weighted by molar-refractivity contribution is 0.378. The highest BCUT2D eigenvalue weighted by Crippen LogP contribution is 2.27. The number of anilines is 1. The molecule has 1 aromatic rings. The summed E-state index contributed by atoms with van der Waals surface area (Å²) in [5.74, 6) is 1.99. The molecule has 0 amide bonds. The summed E-state index contributed by atoms with van der Waals surface area (Å²) in [6, 6.07) is 0.271. The second-order valence-electron chi connectivity index (χ2n) is 4.63. The van der Waals surface area contributed by atoms with Crippen molar-refractivity contribution in [1.82, 2.24) is 15.0 Å². The van der Waals surface area contributed by atoms with Crippen LogP contribution < -0.4 is 9.64 Å². The Morgan fingerprint density at radius 1 is 1.35 bits per heavy atom. The fourth-order valence-electron chi connectivity index (χ4n) is 2.07. The summed E-state index contributed by atoms with van der Waals surface area (Å²) < 4.78 is 5.00. The number of halogens is 1. The van der Waals surface area contributed by atoms with Crippen LogP contribution in [-0.2, 0) is 0 Å². The summed E-state index contributed by atoms with van der Waals surface area (Å²) in [5.41, 5.74) is 0. The van der Waals surface area contributed by atoms with Gasteiger partial charge in [0, 0.05) is 13.1 Å². The molecular weight excluding hydrogens is 240 g/mol. The molecule has 0 aromatic carbocycles. The lowest BCUT2D eigenvalue weighted by atomic mass is 9.95. The normalized spacial score (nSPS) is 20.1. The zero-order valence-electron chi connectivity index (χ0n) is 10.4. The summed E-state index contributed by atoms with van der Waals surface area (Å²) in [5, 5.41) is 0.180. The van der Waals surface area contributed by atoms with Gasteiger partial charge in [-0.15, -0.1) is 0 Å². The first kappa shape index (κ1) is 12.4. The van der Waals surface area contributed by atoms with Crippen LogP contribution in [0.5, 0.6) is 6.01 Å². The number of rotatable bonds is 3. The maximum atomic E-state index is 5.84. The lowest BCUT2D eigenvalue weighted by Crippen LogP contribution is -2.23. The Bertz CT molecular complexity index is 399. The zero-order valence-corrected chi connectivity index (χ0v) is 11.1. The van der Waals surface area contributed by atoms with Crippen LogP contribution in [0.25, 0.3) is 0 Å². The van der Waals surface area contributed by atoms with Gasteiger partial charge in [0.05, 0.1) is 7.11 Å². The van der Waals surface area contributed by atoms with E-state index in [4.69, 9.17) is 16.3 Å². The number of aromatic nitrogens is 3. The van der Waals surface area contributed by atoms with E-state index >= 15 is 0 Å². The van der Waals surface area contributed by atoms with Crippen molar-refractivity contribution in [1.29, 1.82) is 0 Å². The van der Waals surface area contributed by atoms with Crippen LogP contribution in [0.15, 0.2) is 0 Å². The first-order valence-electron chi connectivity index (χ1n) is 5.80. The Morgan fingerprint density at radius 3 is 2.71 bits per heavy atom. The minimum absolute atomic E-state index is 0.180. The highest BCUT2D eigenvalue weighted by atomic mass is 35.5. The van der Waals surface area contributed by atoms with Gasteiger partial charge in [-0.05, 0) is 29.9 Å². The van der Waals surface area contributed by atoms with E-state index in [9.17, 15) is 0 Å². The van der Waals surface area contributed by atoms with Crippen molar-refractivity contribution in [3.8, 4) is 6.01 Å². The summed E-state index contributed by atoms with van der Waals surface area (Å²) in [6.45, 7) is 6.43. The van der Waals surface area contributed by atoms with Crippen molar-refractivity contribution in [2.75, 3.05) is 25.1 Å². The van der Waals surface area contributed by atoms with Crippen LogP contribution in [0.4, 0.5) is 5.95 Å². The predicted octanol–water partition coefficient (Wildman–Crippen LogP) is 2.02. The second kappa shape index (κ2) is 5.04. The Kier molecular flexibility index (Phi) is 3.66. The van der Waals surface area contributed by atoms with E-state index in [1.165, 1.54) is 13.5 Å². The highest BCUT2D eigenvalue weighted by molar-refractivity contribution is 6.28. The van der Waals surface area contributed by atoms with E-state index in [-0.39, 0.29) is 11.3 Å². The molecule has 1 aliphatic rings. The maximum absolute atomic E-state index is 5.84. The van der Waals surface area contributed by atoms with Crippen molar-refractivity contribution < 1.29 is 4.74 Å². The average molecular weight is 257 g/mol. The molecule has 1 atom stereocenters. The molecule has 2 heterocycles. The molecule has 5 nitrogen and oxygen atoms in total. The molecule has 0 aliphatic carbocycles. The van der Waals surface area contributed by atoms with E-state index in [0.29, 0.717) is 17.8 Å². The Morgan fingerprint density at radius 2 is 2.12 bits per heavy atom. The Balaban J connectivity index is 2.15. The molecular formula is C11H17ClN4O.